The highest BCUT2D eigenvalue weighted by atomic mass is 31.2. The Morgan fingerprint density at radius 2 is 1.43 bits per heavy atom. The van der Waals surface area contributed by atoms with Gasteiger partial charge in [0, 0.05) is 5.56 Å². The molecule has 0 spiro atoms. The molecule has 1 aliphatic heterocycles. The van der Waals surface area contributed by atoms with E-state index in [-0.39, 0.29) is 30.8 Å². The van der Waals surface area contributed by atoms with E-state index in [1.165, 1.54) is 0 Å². The molecule has 0 saturated heterocycles. The third-order valence-corrected chi connectivity index (χ3v) is 10.5. The molecule has 6 nitrogen and oxygen atoms in total. The average molecular weight is 509 g/mol. The standard InChI is InChI=1S/C28H45O6P/c1-17(2)21-12-10-19(5)14-25(21)33-35(30,34-26-15-20(6)11-13-22(26)18(3)4)28(29)23-8-7-9-24-27(23)32-16-31-24/h7-9,17-22,25-26,28-29H,10-16H2,1-6H3/t19-,20-,21+,22+,25-,26-,28-/m1/s1. The topological polar surface area (TPSA) is 74.2 Å². The minimum atomic E-state index is -3.99. The van der Waals surface area contributed by atoms with Crippen LogP contribution in [0.3, 0.4) is 0 Å². The second-order valence-electron chi connectivity index (χ2n) is 11.9. The molecule has 2 saturated carbocycles. The van der Waals surface area contributed by atoms with Crippen LogP contribution in [0.25, 0.3) is 0 Å². The number of ether oxygens (including phenoxy) is 2. The Kier molecular flexibility index (Phi) is 8.58. The molecule has 2 aliphatic carbocycles. The van der Waals surface area contributed by atoms with E-state index in [0.29, 0.717) is 40.7 Å². The summed E-state index contributed by atoms with van der Waals surface area (Å²) in [4.78, 5) is 0. The quantitative estimate of drug-likeness (QED) is 0.365. The fourth-order valence-corrected chi connectivity index (χ4v) is 8.38. The largest absolute Gasteiger partial charge is 0.454 e. The Labute approximate surface area is 211 Å². The first-order chi connectivity index (χ1) is 16.6. The monoisotopic (exact) mass is 508 g/mol. The Morgan fingerprint density at radius 3 is 1.94 bits per heavy atom. The predicted octanol–water partition coefficient (Wildman–Crippen LogP) is 7.55. The maximum atomic E-state index is 14.8. The molecule has 1 N–H and O–H groups in total. The molecule has 2 fully saturated rings. The van der Waals surface area contributed by atoms with Gasteiger partial charge in [-0.25, -0.2) is 0 Å². The number of rotatable bonds is 8. The first-order valence-corrected chi connectivity index (χ1v) is 15.2. The van der Waals surface area contributed by atoms with Gasteiger partial charge in [0.2, 0.25) is 6.79 Å². The third kappa shape index (κ3) is 5.92. The maximum Gasteiger partial charge on any atom is 0.364 e. The number of fused-ring (bicyclic) bond motifs is 1. The van der Waals surface area contributed by atoms with Crippen molar-refractivity contribution >= 4 is 7.60 Å². The van der Waals surface area contributed by atoms with Gasteiger partial charge in [-0.1, -0.05) is 66.5 Å². The van der Waals surface area contributed by atoms with E-state index >= 15 is 0 Å². The number of aliphatic hydroxyl groups is 1. The second kappa shape index (κ2) is 11.1. The molecular weight excluding hydrogens is 463 g/mol. The summed E-state index contributed by atoms with van der Waals surface area (Å²) in [6.45, 7) is 13.3. The fourth-order valence-electron chi connectivity index (χ4n) is 6.32. The molecular formula is C28H45O6P. The molecule has 1 aromatic carbocycles. The smallest absolute Gasteiger partial charge is 0.364 e. The number of hydrogen-bond acceptors (Lipinski definition) is 6. The van der Waals surface area contributed by atoms with E-state index in [2.05, 4.69) is 41.5 Å². The van der Waals surface area contributed by atoms with E-state index in [4.69, 9.17) is 18.5 Å². The highest BCUT2D eigenvalue weighted by Crippen LogP contribution is 2.65. The van der Waals surface area contributed by atoms with Gasteiger partial charge in [-0.3, -0.25) is 4.57 Å². The van der Waals surface area contributed by atoms with Crippen LogP contribution in [0.4, 0.5) is 0 Å². The molecule has 1 aromatic rings. The van der Waals surface area contributed by atoms with Crippen LogP contribution >= 0.6 is 7.60 Å². The predicted molar refractivity (Wildman–Crippen MR) is 138 cm³/mol. The van der Waals surface area contributed by atoms with Crippen molar-refractivity contribution < 1.29 is 28.2 Å². The van der Waals surface area contributed by atoms with Crippen LogP contribution in [0, 0.1) is 35.5 Å². The fraction of sp³-hybridized carbons (Fsp3) is 0.786. The van der Waals surface area contributed by atoms with Crippen LogP contribution in [0.15, 0.2) is 18.2 Å². The normalized spacial score (nSPS) is 32.3. The lowest BCUT2D eigenvalue weighted by molar-refractivity contribution is -0.0155. The number of aliphatic hydroxyl groups excluding tert-OH is 1. The summed E-state index contributed by atoms with van der Waals surface area (Å²) >= 11 is 0. The zero-order valence-electron chi connectivity index (χ0n) is 22.3. The van der Waals surface area contributed by atoms with E-state index in [1.807, 2.05) is 0 Å². The highest BCUT2D eigenvalue weighted by Gasteiger charge is 2.47. The van der Waals surface area contributed by atoms with E-state index in [1.54, 1.807) is 18.2 Å². The van der Waals surface area contributed by atoms with Crippen LogP contribution in [-0.2, 0) is 13.6 Å². The van der Waals surface area contributed by atoms with Crippen molar-refractivity contribution in [2.24, 2.45) is 35.5 Å². The van der Waals surface area contributed by atoms with Gasteiger partial charge in [0.1, 0.15) is 0 Å². The van der Waals surface area contributed by atoms with E-state index < -0.39 is 13.4 Å². The van der Waals surface area contributed by atoms with Gasteiger partial charge in [0.25, 0.3) is 0 Å². The Morgan fingerprint density at radius 1 is 0.886 bits per heavy atom. The van der Waals surface area contributed by atoms with Gasteiger partial charge in [-0.05, 0) is 67.3 Å². The summed E-state index contributed by atoms with van der Waals surface area (Å²) in [5.74, 6) is 1.86. The van der Waals surface area contributed by atoms with Crippen LogP contribution in [0.2, 0.25) is 0 Å². The van der Waals surface area contributed by atoms with Crippen molar-refractivity contribution in [1.82, 2.24) is 0 Å². The summed E-state index contributed by atoms with van der Waals surface area (Å²) in [7, 11) is -3.99. The Balaban J connectivity index is 1.69. The molecule has 7 heteroatoms. The summed E-state index contributed by atoms with van der Waals surface area (Å²) in [5.41, 5.74) is 0.415. The van der Waals surface area contributed by atoms with Crippen LogP contribution < -0.4 is 9.47 Å². The summed E-state index contributed by atoms with van der Waals surface area (Å²) in [5, 5.41) is 11.7. The molecule has 35 heavy (non-hydrogen) atoms. The Hall–Kier alpha value is -1.07. The number of benzene rings is 1. The summed E-state index contributed by atoms with van der Waals surface area (Å²) in [6, 6.07) is 5.32. The van der Waals surface area contributed by atoms with Gasteiger partial charge in [-0.15, -0.1) is 0 Å². The second-order valence-corrected chi connectivity index (χ2v) is 13.9. The highest BCUT2D eigenvalue weighted by molar-refractivity contribution is 7.54. The lowest BCUT2D eigenvalue weighted by Gasteiger charge is -2.42. The van der Waals surface area contributed by atoms with Crippen LogP contribution in [-0.4, -0.2) is 24.1 Å². The van der Waals surface area contributed by atoms with Crippen LogP contribution in [0.5, 0.6) is 11.5 Å². The SMILES string of the molecule is CC(C)[C@@H]1CC[C@@H](C)C[C@H]1OP(=O)(O[C@@H]1C[C@H](C)CC[C@H]1C(C)C)[C@@H](O)c1cccc2c1OCO2. The van der Waals surface area contributed by atoms with E-state index in [0.717, 1.165) is 38.5 Å². The van der Waals surface area contributed by atoms with Crippen molar-refractivity contribution in [2.75, 3.05) is 6.79 Å². The molecule has 0 radical (unpaired) electrons. The maximum absolute atomic E-state index is 14.8. The third-order valence-electron chi connectivity index (χ3n) is 8.49. The molecule has 0 unspecified atom stereocenters. The van der Waals surface area contributed by atoms with Gasteiger partial charge < -0.3 is 23.6 Å². The average Bonchev–Trinajstić information content (AvgIpc) is 3.27. The lowest BCUT2D eigenvalue weighted by atomic mass is 9.75. The molecule has 7 atom stereocenters. The molecule has 0 aromatic heterocycles. The van der Waals surface area contributed by atoms with Gasteiger partial charge in [-0.2, -0.15) is 0 Å². The zero-order valence-corrected chi connectivity index (χ0v) is 23.2. The molecule has 0 bridgehead atoms. The van der Waals surface area contributed by atoms with E-state index in [9.17, 15) is 9.67 Å². The Bertz CT molecular complexity index is 863. The van der Waals surface area contributed by atoms with Crippen molar-refractivity contribution in [3.05, 3.63) is 23.8 Å². The zero-order chi connectivity index (χ0) is 25.3. The molecule has 4 rings (SSSR count). The molecule has 0 amide bonds. The minimum absolute atomic E-state index is 0.0796. The van der Waals surface area contributed by atoms with Gasteiger partial charge in [0.15, 0.2) is 17.3 Å². The van der Waals surface area contributed by atoms with Crippen molar-refractivity contribution in [3.8, 4) is 11.5 Å². The van der Waals surface area contributed by atoms with Crippen molar-refractivity contribution in [3.63, 3.8) is 0 Å². The number of hydrogen-bond donors (Lipinski definition) is 1. The molecule has 3 aliphatic rings. The first-order valence-electron chi connectivity index (χ1n) is 13.6. The minimum Gasteiger partial charge on any atom is -0.454 e. The van der Waals surface area contributed by atoms with Crippen molar-refractivity contribution in [1.29, 1.82) is 0 Å². The number of para-hydroxylation sites is 1. The van der Waals surface area contributed by atoms with Gasteiger partial charge in [0.05, 0.1) is 12.2 Å². The van der Waals surface area contributed by atoms with Crippen molar-refractivity contribution in [2.45, 2.75) is 98.1 Å². The van der Waals surface area contributed by atoms with Gasteiger partial charge >= 0.3 is 7.60 Å². The van der Waals surface area contributed by atoms with Crippen LogP contribution in [0.1, 0.15) is 91.5 Å². The first kappa shape index (κ1) is 27.0. The lowest BCUT2D eigenvalue weighted by Crippen LogP contribution is -2.37. The molecule has 1 heterocycles. The summed E-state index contributed by atoms with van der Waals surface area (Å²) < 4.78 is 39.1. The molecule has 198 valence electrons. The summed E-state index contributed by atoms with van der Waals surface area (Å²) in [6.07, 6.45) is 5.57.